The number of amides is 1. The van der Waals surface area contributed by atoms with E-state index in [0.717, 1.165) is 4.90 Å². The zero-order valence-electron chi connectivity index (χ0n) is 14.6. The van der Waals surface area contributed by atoms with Crippen LogP contribution in [-0.2, 0) is 24.3 Å². The Morgan fingerprint density at radius 3 is 2.62 bits per heavy atom. The van der Waals surface area contributed by atoms with Gasteiger partial charge in [-0.05, 0) is 18.2 Å². The average Bonchev–Trinajstić information content (AvgIpc) is 3.02. The average molecular weight is 399 g/mol. The predicted molar refractivity (Wildman–Crippen MR) is 97.6 cm³/mol. The molecule has 4 rings (SSSR count). The number of thioether (sulfide) groups is 1. The molecular weight excluding hydrogens is 376 g/mol. The lowest BCUT2D eigenvalue weighted by molar-refractivity contribution is -0.179. The van der Waals surface area contributed by atoms with Crippen LogP contribution in [-0.4, -0.2) is 56.5 Å². The van der Waals surface area contributed by atoms with Crippen LogP contribution in [0.3, 0.4) is 0 Å². The van der Waals surface area contributed by atoms with Gasteiger partial charge in [-0.3, -0.25) is 4.79 Å². The van der Waals surface area contributed by atoms with Gasteiger partial charge in [0, 0.05) is 42.5 Å². The summed E-state index contributed by atoms with van der Waals surface area (Å²) >= 11 is 1.56. The maximum absolute atomic E-state index is 13.0. The summed E-state index contributed by atoms with van der Waals surface area (Å²) in [6.45, 7) is 3.71. The number of hydrogen-bond donors (Lipinski definition) is 1. The van der Waals surface area contributed by atoms with Crippen molar-refractivity contribution in [2.24, 2.45) is 5.92 Å². The molecule has 3 heterocycles. The van der Waals surface area contributed by atoms with Crippen molar-refractivity contribution < 1.29 is 22.7 Å². The van der Waals surface area contributed by atoms with Crippen molar-refractivity contribution in [1.29, 1.82) is 0 Å². The first kappa shape index (κ1) is 18.2. The Hall–Kier alpha value is -1.13. The number of hydrogen-bond acceptors (Lipinski definition) is 6. The number of anilines is 1. The predicted octanol–water partition coefficient (Wildman–Crippen LogP) is 1.89. The molecule has 1 aromatic carbocycles. The molecule has 1 spiro atoms. The summed E-state index contributed by atoms with van der Waals surface area (Å²) in [6, 6.07) is 4.97. The summed E-state index contributed by atoms with van der Waals surface area (Å²) in [4.78, 5) is 13.2. The van der Waals surface area contributed by atoms with Crippen LogP contribution in [0.25, 0.3) is 0 Å². The van der Waals surface area contributed by atoms with Gasteiger partial charge in [-0.15, -0.1) is 11.8 Å². The fourth-order valence-corrected chi connectivity index (χ4v) is 5.92. The Kier molecular flexibility index (Phi) is 4.77. The van der Waals surface area contributed by atoms with Gasteiger partial charge in [0.2, 0.25) is 15.9 Å². The third-order valence-electron chi connectivity index (χ3n) is 5.08. The number of fused-ring (bicyclic) bond motifs is 1. The number of ether oxygens (including phenoxy) is 2. The monoisotopic (exact) mass is 398 g/mol. The molecule has 142 valence electrons. The Labute approximate surface area is 157 Å². The van der Waals surface area contributed by atoms with E-state index in [0.29, 0.717) is 50.6 Å². The first-order valence-corrected chi connectivity index (χ1v) is 11.2. The normalized spacial score (nSPS) is 26.3. The molecule has 1 atom stereocenters. The minimum absolute atomic E-state index is 0.0822. The first-order chi connectivity index (χ1) is 12.4. The highest BCUT2D eigenvalue weighted by Crippen LogP contribution is 2.37. The molecule has 0 bridgehead atoms. The molecule has 1 aromatic rings. The molecule has 1 amide bonds. The summed E-state index contributed by atoms with van der Waals surface area (Å²) in [7, 11) is -3.62. The minimum Gasteiger partial charge on any atom is -0.347 e. The van der Waals surface area contributed by atoms with Gasteiger partial charge in [0.05, 0.1) is 23.8 Å². The number of benzene rings is 1. The van der Waals surface area contributed by atoms with E-state index in [4.69, 9.17) is 9.47 Å². The van der Waals surface area contributed by atoms with E-state index in [1.54, 1.807) is 30.0 Å². The van der Waals surface area contributed by atoms with Crippen LogP contribution in [0.2, 0.25) is 0 Å². The number of sulfonamides is 1. The number of nitrogens with zero attached hydrogens (tertiary/aromatic N) is 1. The standard InChI is InChI=1S/C17H22N2O5S2/c1-12-11-25-15-3-2-13(10-14(15)18-16(12)20)26(21,22)19-6-4-17(5-7-19)23-8-9-24-17/h2-3,10,12H,4-9,11H2,1H3,(H,18,20). The van der Waals surface area contributed by atoms with E-state index < -0.39 is 15.8 Å². The largest absolute Gasteiger partial charge is 0.347 e. The Bertz CT molecular complexity index is 810. The fourth-order valence-electron chi connectivity index (χ4n) is 3.44. The van der Waals surface area contributed by atoms with Crippen molar-refractivity contribution in [3.8, 4) is 0 Å². The molecular formula is C17H22N2O5S2. The van der Waals surface area contributed by atoms with Crippen molar-refractivity contribution in [3.63, 3.8) is 0 Å². The van der Waals surface area contributed by atoms with Crippen LogP contribution in [0.4, 0.5) is 5.69 Å². The van der Waals surface area contributed by atoms with Gasteiger partial charge in [0.15, 0.2) is 5.79 Å². The van der Waals surface area contributed by atoms with Gasteiger partial charge < -0.3 is 14.8 Å². The number of rotatable bonds is 2. The molecule has 2 saturated heterocycles. The SMILES string of the molecule is CC1CSc2ccc(S(=O)(=O)N3CCC4(CC3)OCCO4)cc2NC1=O. The van der Waals surface area contributed by atoms with E-state index >= 15 is 0 Å². The van der Waals surface area contributed by atoms with Gasteiger partial charge in [0.1, 0.15) is 0 Å². The molecule has 3 aliphatic rings. The van der Waals surface area contributed by atoms with Crippen molar-refractivity contribution in [1.82, 2.24) is 4.31 Å². The molecule has 0 radical (unpaired) electrons. The maximum atomic E-state index is 13.0. The summed E-state index contributed by atoms with van der Waals surface area (Å²) in [5.41, 5.74) is 0.571. The van der Waals surface area contributed by atoms with Crippen LogP contribution in [0.15, 0.2) is 28.0 Å². The third-order valence-corrected chi connectivity index (χ3v) is 8.31. The van der Waals surface area contributed by atoms with Gasteiger partial charge >= 0.3 is 0 Å². The Balaban J connectivity index is 1.55. The van der Waals surface area contributed by atoms with Crippen molar-refractivity contribution in [2.75, 3.05) is 37.4 Å². The Morgan fingerprint density at radius 1 is 1.23 bits per heavy atom. The summed E-state index contributed by atoms with van der Waals surface area (Å²) in [5, 5.41) is 2.84. The zero-order chi connectivity index (χ0) is 18.4. The van der Waals surface area contributed by atoms with Crippen LogP contribution in [0.1, 0.15) is 19.8 Å². The second-order valence-corrected chi connectivity index (χ2v) is 9.87. The van der Waals surface area contributed by atoms with Gasteiger partial charge in [0.25, 0.3) is 0 Å². The van der Waals surface area contributed by atoms with Crippen LogP contribution in [0, 0.1) is 5.92 Å². The highest BCUT2D eigenvalue weighted by atomic mass is 32.2. The van der Waals surface area contributed by atoms with Crippen molar-refractivity contribution >= 4 is 33.4 Å². The molecule has 2 fully saturated rings. The fraction of sp³-hybridized carbons (Fsp3) is 0.588. The lowest BCUT2D eigenvalue weighted by Gasteiger charge is -2.36. The lowest BCUT2D eigenvalue weighted by Crippen LogP contribution is -2.47. The quantitative estimate of drug-likeness (QED) is 0.819. The van der Waals surface area contributed by atoms with E-state index in [-0.39, 0.29) is 16.7 Å². The summed E-state index contributed by atoms with van der Waals surface area (Å²) in [5.74, 6) is -0.127. The molecule has 7 nitrogen and oxygen atoms in total. The topological polar surface area (TPSA) is 84.9 Å². The van der Waals surface area contributed by atoms with Gasteiger partial charge in [-0.25, -0.2) is 8.42 Å². The summed E-state index contributed by atoms with van der Waals surface area (Å²) in [6.07, 6.45) is 1.06. The second-order valence-electron chi connectivity index (χ2n) is 6.87. The number of carbonyl (C=O) groups excluding carboxylic acids is 1. The van der Waals surface area contributed by atoms with E-state index in [2.05, 4.69) is 5.32 Å². The molecule has 0 aromatic heterocycles. The van der Waals surface area contributed by atoms with E-state index in [1.807, 2.05) is 6.92 Å². The first-order valence-electron chi connectivity index (χ1n) is 8.75. The van der Waals surface area contributed by atoms with Gasteiger partial charge in [-0.1, -0.05) is 6.92 Å². The minimum atomic E-state index is -3.62. The molecule has 1 N–H and O–H groups in total. The van der Waals surface area contributed by atoms with Crippen LogP contribution in [0.5, 0.6) is 0 Å². The molecule has 0 aliphatic carbocycles. The number of nitrogens with one attached hydrogen (secondary N) is 1. The molecule has 3 aliphatic heterocycles. The van der Waals surface area contributed by atoms with Crippen molar-refractivity contribution in [3.05, 3.63) is 18.2 Å². The lowest BCUT2D eigenvalue weighted by atomic mass is 10.1. The van der Waals surface area contributed by atoms with Crippen LogP contribution >= 0.6 is 11.8 Å². The smallest absolute Gasteiger partial charge is 0.243 e. The van der Waals surface area contributed by atoms with E-state index in [1.165, 1.54) is 4.31 Å². The molecule has 0 saturated carbocycles. The highest BCUT2D eigenvalue weighted by molar-refractivity contribution is 7.99. The number of carbonyl (C=O) groups is 1. The highest BCUT2D eigenvalue weighted by Gasteiger charge is 2.42. The molecule has 9 heteroatoms. The molecule has 1 unspecified atom stereocenters. The van der Waals surface area contributed by atoms with Crippen molar-refractivity contribution in [2.45, 2.75) is 35.3 Å². The second kappa shape index (κ2) is 6.79. The third kappa shape index (κ3) is 3.27. The van der Waals surface area contributed by atoms with Crippen LogP contribution < -0.4 is 5.32 Å². The summed E-state index contributed by atoms with van der Waals surface area (Å²) < 4.78 is 38.9. The van der Waals surface area contributed by atoms with E-state index in [9.17, 15) is 13.2 Å². The zero-order valence-corrected chi connectivity index (χ0v) is 16.2. The molecule has 26 heavy (non-hydrogen) atoms. The van der Waals surface area contributed by atoms with Gasteiger partial charge in [-0.2, -0.15) is 4.31 Å². The maximum Gasteiger partial charge on any atom is 0.243 e. The number of piperidine rings is 1. The Morgan fingerprint density at radius 2 is 1.92 bits per heavy atom.